The largest absolute Gasteiger partial charge is 0.389 e. The van der Waals surface area contributed by atoms with Crippen LogP contribution in [-0.4, -0.2) is 10.7 Å². The molecular weight excluding hydrogens is 208 g/mol. The molecule has 1 unspecified atom stereocenters. The van der Waals surface area contributed by atoms with Crippen LogP contribution in [0.5, 0.6) is 0 Å². The zero-order valence-corrected chi connectivity index (χ0v) is 11.5. The minimum atomic E-state index is -0.522. The second kappa shape index (κ2) is 4.13. The molecule has 1 aromatic carbocycles. The van der Waals surface area contributed by atoms with Crippen LogP contribution in [0, 0.1) is 19.3 Å². The van der Waals surface area contributed by atoms with E-state index in [0.29, 0.717) is 0 Å². The van der Waals surface area contributed by atoms with Gasteiger partial charge in [0, 0.05) is 6.42 Å². The average Bonchev–Trinajstić information content (AvgIpc) is 2.47. The maximum atomic E-state index is 10.9. The zero-order chi connectivity index (χ0) is 12.7. The Bertz CT molecular complexity index is 420. The first-order valence-electron chi connectivity index (χ1n) is 6.63. The molecule has 1 saturated carbocycles. The maximum Gasteiger partial charge on any atom is 0.0738 e. The van der Waals surface area contributed by atoms with Crippen molar-refractivity contribution in [2.24, 2.45) is 5.41 Å². The molecule has 1 heteroatoms. The van der Waals surface area contributed by atoms with E-state index in [1.165, 1.54) is 16.7 Å². The van der Waals surface area contributed by atoms with E-state index in [1.54, 1.807) is 0 Å². The van der Waals surface area contributed by atoms with Gasteiger partial charge >= 0.3 is 0 Å². The summed E-state index contributed by atoms with van der Waals surface area (Å²) in [5, 5.41) is 10.9. The average molecular weight is 232 g/mol. The van der Waals surface area contributed by atoms with Gasteiger partial charge in [0.15, 0.2) is 0 Å². The summed E-state index contributed by atoms with van der Waals surface area (Å²) in [5.74, 6) is 0. The van der Waals surface area contributed by atoms with Crippen molar-refractivity contribution in [3.05, 3.63) is 34.9 Å². The maximum absolute atomic E-state index is 10.9. The minimum Gasteiger partial charge on any atom is -0.389 e. The summed E-state index contributed by atoms with van der Waals surface area (Å²) in [7, 11) is 0. The smallest absolute Gasteiger partial charge is 0.0738 e. The van der Waals surface area contributed by atoms with E-state index < -0.39 is 5.60 Å². The molecule has 1 aromatic rings. The van der Waals surface area contributed by atoms with E-state index in [4.69, 9.17) is 0 Å². The lowest BCUT2D eigenvalue weighted by Crippen LogP contribution is -2.42. The summed E-state index contributed by atoms with van der Waals surface area (Å²) >= 11 is 0. The van der Waals surface area contributed by atoms with Crippen molar-refractivity contribution in [1.29, 1.82) is 0 Å². The Morgan fingerprint density at radius 3 is 2.47 bits per heavy atom. The molecular formula is C16H24O. The Balaban J connectivity index is 2.29. The van der Waals surface area contributed by atoms with Crippen LogP contribution in [0.2, 0.25) is 0 Å². The van der Waals surface area contributed by atoms with Crippen molar-refractivity contribution in [2.45, 2.75) is 59.0 Å². The van der Waals surface area contributed by atoms with Crippen LogP contribution in [0.15, 0.2) is 18.2 Å². The van der Waals surface area contributed by atoms with Crippen LogP contribution in [0.25, 0.3) is 0 Å². The van der Waals surface area contributed by atoms with Crippen LogP contribution >= 0.6 is 0 Å². The highest BCUT2D eigenvalue weighted by Gasteiger charge is 2.47. The molecule has 1 aliphatic rings. The lowest BCUT2D eigenvalue weighted by Gasteiger charge is -2.37. The molecule has 1 aliphatic carbocycles. The molecule has 0 aromatic heterocycles. The van der Waals surface area contributed by atoms with Crippen molar-refractivity contribution < 1.29 is 5.11 Å². The van der Waals surface area contributed by atoms with E-state index in [-0.39, 0.29) is 5.41 Å². The Morgan fingerprint density at radius 1 is 1.18 bits per heavy atom. The molecule has 0 radical (unpaired) electrons. The van der Waals surface area contributed by atoms with Crippen LogP contribution in [0.1, 0.15) is 49.8 Å². The van der Waals surface area contributed by atoms with Gasteiger partial charge in [0.1, 0.15) is 0 Å². The fourth-order valence-electron chi connectivity index (χ4n) is 3.03. The first-order valence-corrected chi connectivity index (χ1v) is 6.63. The Kier molecular flexibility index (Phi) is 3.07. The number of aryl methyl sites for hydroxylation is 2. The van der Waals surface area contributed by atoms with Gasteiger partial charge in [-0.05, 0) is 49.7 Å². The molecule has 1 N–H and O–H groups in total. The summed E-state index contributed by atoms with van der Waals surface area (Å²) < 4.78 is 0. The van der Waals surface area contributed by atoms with E-state index >= 15 is 0 Å². The number of benzene rings is 1. The molecule has 0 heterocycles. The predicted molar refractivity (Wildman–Crippen MR) is 72.2 cm³/mol. The fraction of sp³-hybridized carbons (Fsp3) is 0.625. The summed E-state index contributed by atoms with van der Waals surface area (Å²) in [6.07, 6.45) is 4.02. The van der Waals surface area contributed by atoms with Gasteiger partial charge in [0.25, 0.3) is 0 Å². The SMILES string of the molecule is Cc1ccc(C)c(CC2(O)CCCC2(C)C)c1. The van der Waals surface area contributed by atoms with Gasteiger partial charge in [-0.15, -0.1) is 0 Å². The molecule has 17 heavy (non-hydrogen) atoms. The van der Waals surface area contributed by atoms with Gasteiger partial charge in [0.2, 0.25) is 0 Å². The fourth-order valence-corrected chi connectivity index (χ4v) is 3.03. The van der Waals surface area contributed by atoms with Crippen molar-refractivity contribution in [3.8, 4) is 0 Å². The van der Waals surface area contributed by atoms with Gasteiger partial charge in [0.05, 0.1) is 5.60 Å². The lowest BCUT2D eigenvalue weighted by molar-refractivity contribution is -0.0420. The van der Waals surface area contributed by atoms with E-state index in [0.717, 1.165) is 25.7 Å². The second-order valence-electron chi connectivity index (χ2n) is 6.38. The molecule has 0 aliphatic heterocycles. The molecule has 0 bridgehead atoms. The standard InChI is InChI=1S/C16H24O/c1-12-6-7-13(2)14(10-12)11-16(17)9-5-8-15(16,3)4/h6-7,10,17H,5,8-9,11H2,1-4H3. The van der Waals surface area contributed by atoms with E-state index in [1.807, 2.05) is 0 Å². The normalized spacial score (nSPS) is 27.4. The monoisotopic (exact) mass is 232 g/mol. The molecule has 1 nitrogen and oxygen atoms in total. The lowest BCUT2D eigenvalue weighted by atomic mass is 9.74. The van der Waals surface area contributed by atoms with E-state index in [9.17, 15) is 5.11 Å². The molecule has 1 atom stereocenters. The first kappa shape index (κ1) is 12.6. The molecule has 2 rings (SSSR count). The number of rotatable bonds is 2. The first-order chi connectivity index (χ1) is 7.84. The predicted octanol–water partition coefficient (Wildman–Crippen LogP) is 3.79. The van der Waals surface area contributed by atoms with Crippen molar-refractivity contribution in [2.75, 3.05) is 0 Å². The third-order valence-corrected chi connectivity index (χ3v) is 4.64. The zero-order valence-electron chi connectivity index (χ0n) is 11.5. The van der Waals surface area contributed by atoms with Gasteiger partial charge < -0.3 is 5.11 Å². The van der Waals surface area contributed by atoms with Crippen LogP contribution in [-0.2, 0) is 6.42 Å². The highest BCUT2D eigenvalue weighted by molar-refractivity contribution is 5.32. The highest BCUT2D eigenvalue weighted by atomic mass is 16.3. The quantitative estimate of drug-likeness (QED) is 0.822. The summed E-state index contributed by atoms with van der Waals surface area (Å²) in [4.78, 5) is 0. The summed E-state index contributed by atoms with van der Waals surface area (Å²) in [6, 6.07) is 6.53. The second-order valence-corrected chi connectivity index (χ2v) is 6.38. The van der Waals surface area contributed by atoms with Crippen molar-refractivity contribution in [1.82, 2.24) is 0 Å². The van der Waals surface area contributed by atoms with Crippen molar-refractivity contribution >= 4 is 0 Å². The Hall–Kier alpha value is -0.820. The number of aliphatic hydroxyl groups is 1. The molecule has 1 fully saturated rings. The number of hydrogen-bond donors (Lipinski definition) is 1. The molecule has 0 amide bonds. The van der Waals surface area contributed by atoms with Crippen LogP contribution < -0.4 is 0 Å². The third-order valence-electron chi connectivity index (χ3n) is 4.64. The highest BCUT2D eigenvalue weighted by Crippen LogP contribution is 2.47. The Morgan fingerprint density at radius 2 is 1.88 bits per heavy atom. The van der Waals surface area contributed by atoms with Gasteiger partial charge in [-0.25, -0.2) is 0 Å². The van der Waals surface area contributed by atoms with E-state index in [2.05, 4.69) is 45.9 Å². The van der Waals surface area contributed by atoms with Gasteiger partial charge in [-0.3, -0.25) is 0 Å². The Labute approximate surface area is 105 Å². The molecule has 94 valence electrons. The van der Waals surface area contributed by atoms with Crippen molar-refractivity contribution in [3.63, 3.8) is 0 Å². The van der Waals surface area contributed by atoms with Gasteiger partial charge in [-0.1, -0.05) is 37.6 Å². The molecule has 0 spiro atoms. The minimum absolute atomic E-state index is 0.0448. The van der Waals surface area contributed by atoms with Crippen LogP contribution in [0.3, 0.4) is 0 Å². The topological polar surface area (TPSA) is 20.2 Å². The number of hydrogen-bond acceptors (Lipinski definition) is 1. The molecule has 0 saturated heterocycles. The third kappa shape index (κ3) is 2.26. The van der Waals surface area contributed by atoms with Gasteiger partial charge in [-0.2, -0.15) is 0 Å². The van der Waals surface area contributed by atoms with Crippen LogP contribution in [0.4, 0.5) is 0 Å². The summed E-state index contributed by atoms with van der Waals surface area (Å²) in [5.41, 5.74) is 3.41. The summed E-state index contributed by atoms with van der Waals surface area (Å²) in [6.45, 7) is 8.66.